The molecular formula is C18H18Cl3N3. The molecule has 6 heteroatoms. The van der Waals surface area contributed by atoms with Crippen molar-refractivity contribution < 1.29 is 0 Å². The van der Waals surface area contributed by atoms with Crippen LogP contribution in [0.5, 0.6) is 0 Å². The summed E-state index contributed by atoms with van der Waals surface area (Å²) in [6.45, 7) is 4.67. The molecule has 1 fully saturated rings. The Labute approximate surface area is 157 Å². The molecule has 0 aliphatic carbocycles. The first-order chi connectivity index (χ1) is 11.6. The zero-order valence-electron chi connectivity index (χ0n) is 13.1. The van der Waals surface area contributed by atoms with Crippen molar-refractivity contribution in [3.63, 3.8) is 0 Å². The van der Waals surface area contributed by atoms with Gasteiger partial charge >= 0.3 is 0 Å². The Bertz CT molecular complexity index is 708. The molecule has 0 aromatic heterocycles. The second-order valence-electron chi connectivity index (χ2n) is 5.74. The topological polar surface area (TPSA) is 18.8 Å². The van der Waals surface area contributed by atoms with Crippen LogP contribution in [0.4, 0.5) is 0 Å². The summed E-state index contributed by atoms with van der Waals surface area (Å²) in [7, 11) is 0. The van der Waals surface area contributed by atoms with Crippen molar-refractivity contribution in [3.8, 4) is 0 Å². The van der Waals surface area contributed by atoms with Gasteiger partial charge in [0.25, 0.3) is 0 Å². The highest BCUT2D eigenvalue weighted by Gasteiger charge is 2.15. The van der Waals surface area contributed by atoms with Crippen molar-refractivity contribution in [2.24, 2.45) is 5.10 Å². The average Bonchev–Trinajstić information content (AvgIpc) is 2.59. The number of hydrogen-bond donors (Lipinski definition) is 0. The number of rotatable bonds is 4. The van der Waals surface area contributed by atoms with Gasteiger partial charge in [0.2, 0.25) is 0 Å². The van der Waals surface area contributed by atoms with Crippen LogP contribution in [0.25, 0.3) is 0 Å². The molecule has 0 saturated carbocycles. The van der Waals surface area contributed by atoms with E-state index in [0.29, 0.717) is 10.0 Å². The smallest absolute Gasteiger partial charge is 0.0680 e. The molecule has 1 aliphatic rings. The van der Waals surface area contributed by atoms with Crippen molar-refractivity contribution in [2.45, 2.75) is 6.54 Å². The number of hydrogen-bond acceptors (Lipinski definition) is 3. The van der Waals surface area contributed by atoms with Crippen molar-refractivity contribution in [3.05, 3.63) is 68.7 Å². The second kappa shape index (κ2) is 8.21. The normalized spacial score (nSPS) is 16.0. The van der Waals surface area contributed by atoms with E-state index in [2.05, 4.69) is 27.1 Å². The number of hydrazone groups is 1. The summed E-state index contributed by atoms with van der Waals surface area (Å²) in [5.74, 6) is 0. The van der Waals surface area contributed by atoms with Gasteiger partial charge in [-0.05, 0) is 23.8 Å². The average molecular weight is 383 g/mol. The van der Waals surface area contributed by atoms with Crippen LogP contribution in [0.2, 0.25) is 15.1 Å². The monoisotopic (exact) mass is 381 g/mol. The van der Waals surface area contributed by atoms with Crippen LogP contribution in [0.1, 0.15) is 11.1 Å². The predicted octanol–water partition coefficient (Wildman–Crippen LogP) is 4.80. The van der Waals surface area contributed by atoms with E-state index in [9.17, 15) is 0 Å². The second-order valence-corrected chi connectivity index (χ2v) is 6.97. The lowest BCUT2D eigenvalue weighted by molar-refractivity contribution is 0.131. The molecule has 3 rings (SSSR count). The highest BCUT2D eigenvalue weighted by atomic mass is 35.5. The summed E-state index contributed by atoms with van der Waals surface area (Å²) >= 11 is 18.1. The van der Waals surface area contributed by atoms with Gasteiger partial charge in [-0.15, -0.1) is 0 Å². The summed E-state index contributed by atoms with van der Waals surface area (Å²) in [4.78, 5) is 2.42. The Morgan fingerprint density at radius 3 is 2.33 bits per heavy atom. The van der Waals surface area contributed by atoms with Crippen LogP contribution >= 0.6 is 34.8 Å². The van der Waals surface area contributed by atoms with Gasteiger partial charge in [-0.25, -0.2) is 0 Å². The number of benzene rings is 2. The molecule has 24 heavy (non-hydrogen) atoms. The molecule has 1 heterocycles. The van der Waals surface area contributed by atoms with Crippen molar-refractivity contribution in [1.82, 2.24) is 9.91 Å². The van der Waals surface area contributed by atoms with Gasteiger partial charge in [0.05, 0.1) is 16.3 Å². The number of halogens is 3. The van der Waals surface area contributed by atoms with Crippen LogP contribution in [0.15, 0.2) is 47.6 Å². The van der Waals surface area contributed by atoms with E-state index in [-0.39, 0.29) is 0 Å². The van der Waals surface area contributed by atoms with Crippen LogP contribution in [0, 0.1) is 0 Å². The fourth-order valence-electron chi connectivity index (χ4n) is 2.62. The minimum Gasteiger partial charge on any atom is -0.295 e. The standard InChI is InChI=1S/C18H18Cl3N3/c19-16-6-4-14(5-7-16)13-23-8-10-24(11-9-23)22-12-15-2-1-3-17(20)18(15)21/h1-7,12H,8-11,13H2/b22-12-. The Hall–Kier alpha value is -1.26. The van der Waals surface area contributed by atoms with E-state index in [0.717, 1.165) is 43.3 Å². The van der Waals surface area contributed by atoms with Crippen molar-refractivity contribution >= 4 is 41.0 Å². The molecule has 0 spiro atoms. The number of nitrogens with zero attached hydrogens (tertiary/aromatic N) is 3. The SMILES string of the molecule is Clc1ccc(CN2CCN(/N=C\c3cccc(Cl)c3Cl)CC2)cc1. The predicted molar refractivity (Wildman–Crippen MR) is 102 cm³/mol. The summed E-state index contributed by atoms with van der Waals surface area (Å²) in [5.41, 5.74) is 2.12. The van der Waals surface area contributed by atoms with E-state index < -0.39 is 0 Å². The van der Waals surface area contributed by atoms with Gasteiger partial charge in [-0.2, -0.15) is 5.10 Å². The Balaban J connectivity index is 1.52. The van der Waals surface area contributed by atoms with Gasteiger partial charge in [0, 0.05) is 43.3 Å². The quantitative estimate of drug-likeness (QED) is 0.707. The molecule has 126 valence electrons. The summed E-state index contributed by atoms with van der Waals surface area (Å²) < 4.78 is 0. The van der Waals surface area contributed by atoms with Gasteiger partial charge in [0.15, 0.2) is 0 Å². The lowest BCUT2D eigenvalue weighted by atomic mass is 10.2. The van der Waals surface area contributed by atoms with Gasteiger partial charge in [-0.1, -0.05) is 59.1 Å². The van der Waals surface area contributed by atoms with Crippen LogP contribution in [0.3, 0.4) is 0 Å². The van der Waals surface area contributed by atoms with E-state index in [4.69, 9.17) is 34.8 Å². The molecule has 1 aliphatic heterocycles. The maximum Gasteiger partial charge on any atom is 0.0680 e. The molecule has 0 amide bonds. The maximum atomic E-state index is 6.18. The summed E-state index contributed by atoms with van der Waals surface area (Å²) in [6, 6.07) is 13.6. The van der Waals surface area contributed by atoms with Gasteiger partial charge in [-0.3, -0.25) is 9.91 Å². The Kier molecular flexibility index (Phi) is 6.01. The van der Waals surface area contributed by atoms with E-state index in [1.807, 2.05) is 24.3 Å². The molecule has 2 aromatic rings. The Morgan fingerprint density at radius 2 is 1.62 bits per heavy atom. The third kappa shape index (κ3) is 4.64. The zero-order valence-corrected chi connectivity index (χ0v) is 15.4. The third-order valence-electron chi connectivity index (χ3n) is 4.01. The highest BCUT2D eigenvalue weighted by molar-refractivity contribution is 6.43. The van der Waals surface area contributed by atoms with Crippen LogP contribution in [-0.4, -0.2) is 42.3 Å². The zero-order chi connectivity index (χ0) is 16.9. The fourth-order valence-corrected chi connectivity index (χ4v) is 3.11. The lowest BCUT2D eigenvalue weighted by Gasteiger charge is -2.33. The Morgan fingerprint density at radius 1 is 0.917 bits per heavy atom. The van der Waals surface area contributed by atoms with E-state index in [1.54, 1.807) is 12.3 Å². The van der Waals surface area contributed by atoms with Gasteiger partial charge < -0.3 is 0 Å². The summed E-state index contributed by atoms with van der Waals surface area (Å²) in [6.07, 6.45) is 1.78. The fraction of sp³-hybridized carbons (Fsp3) is 0.278. The van der Waals surface area contributed by atoms with E-state index in [1.165, 1.54) is 5.56 Å². The first-order valence-corrected chi connectivity index (χ1v) is 8.95. The van der Waals surface area contributed by atoms with Crippen molar-refractivity contribution in [1.29, 1.82) is 0 Å². The lowest BCUT2D eigenvalue weighted by Crippen LogP contribution is -2.43. The molecule has 0 radical (unpaired) electrons. The summed E-state index contributed by atoms with van der Waals surface area (Å²) in [5, 5.41) is 8.47. The molecule has 1 saturated heterocycles. The molecule has 0 bridgehead atoms. The minimum absolute atomic E-state index is 0.546. The van der Waals surface area contributed by atoms with Crippen molar-refractivity contribution in [2.75, 3.05) is 26.2 Å². The maximum absolute atomic E-state index is 6.18. The molecule has 3 nitrogen and oxygen atoms in total. The van der Waals surface area contributed by atoms with Crippen LogP contribution in [-0.2, 0) is 6.54 Å². The molecule has 0 N–H and O–H groups in total. The molecule has 0 unspecified atom stereocenters. The van der Waals surface area contributed by atoms with E-state index >= 15 is 0 Å². The third-order valence-corrected chi connectivity index (χ3v) is 5.10. The van der Waals surface area contributed by atoms with Crippen LogP contribution < -0.4 is 0 Å². The largest absolute Gasteiger partial charge is 0.295 e. The van der Waals surface area contributed by atoms with Gasteiger partial charge in [0.1, 0.15) is 0 Å². The first-order valence-electron chi connectivity index (χ1n) is 7.81. The molecule has 2 aromatic carbocycles. The minimum atomic E-state index is 0.546. The molecular weight excluding hydrogens is 365 g/mol. The highest BCUT2D eigenvalue weighted by Crippen LogP contribution is 2.24. The molecule has 0 atom stereocenters. The first kappa shape index (κ1) is 17.6. The number of piperazine rings is 1.